The van der Waals surface area contributed by atoms with Crippen molar-refractivity contribution in [2.45, 2.75) is 5.25 Å². The summed E-state index contributed by atoms with van der Waals surface area (Å²) in [5.41, 5.74) is -0.0887. The molecule has 20 heavy (non-hydrogen) atoms. The van der Waals surface area contributed by atoms with Crippen molar-refractivity contribution in [1.29, 1.82) is 0 Å². The molecule has 0 bridgehead atoms. The second-order valence-corrected chi connectivity index (χ2v) is 6.80. The number of nitro benzene ring substituents is 1. The summed E-state index contributed by atoms with van der Waals surface area (Å²) in [6.07, 6.45) is 0. The molecule has 1 heterocycles. The molecule has 1 aliphatic heterocycles. The fourth-order valence-corrected chi connectivity index (χ4v) is 4.47. The van der Waals surface area contributed by atoms with Gasteiger partial charge < -0.3 is 10.4 Å². The van der Waals surface area contributed by atoms with Crippen molar-refractivity contribution in [3.8, 4) is 0 Å². The average Bonchev–Trinajstić information content (AvgIpc) is 2.45. The van der Waals surface area contributed by atoms with Gasteiger partial charge in [-0.25, -0.2) is 4.79 Å². The van der Waals surface area contributed by atoms with Crippen LogP contribution in [-0.4, -0.2) is 45.1 Å². The maximum atomic E-state index is 10.9. The van der Waals surface area contributed by atoms with E-state index in [9.17, 15) is 14.9 Å². The van der Waals surface area contributed by atoms with Crippen LogP contribution in [0.3, 0.4) is 0 Å². The number of anilines is 1. The van der Waals surface area contributed by atoms with Crippen molar-refractivity contribution in [1.82, 2.24) is 0 Å². The largest absolute Gasteiger partial charge is 0.477 e. The minimum absolute atomic E-state index is 0.289. The second-order valence-electron chi connectivity index (χ2n) is 4.24. The number of benzene rings is 1. The van der Waals surface area contributed by atoms with Gasteiger partial charge in [-0.1, -0.05) is 0 Å². The molecule has 2 rings (SSSR count). The van der Waals surface area contributed by atoms with E-state index >= 15 is 0 Å². The highest BCUT2D eigenvalue weighted by Gasteiger charge is 2.20. The Morgan fingerprint density at radius 1 is 1.50 bits per heavy atom. The lowest BCUT2D eigenvalue weighted by Gasteiger charge is -2.21. The number of nitrogens with zero attached hydrogens (tertiary/aromatic N) is 1. The first kappa shape index (κ1) is 15.0. The summed E-state index contributed by atoms with van der Waals surface area (Å²) in [5.74, 6) is 2.06. The fourth-order valence-electron chi connectivity index (χ4n) is 1.86. The van der Waals surface area contributed by atoms with E-state index < -0.39 is 10.9 Å². The lowest BCUT2D eigenvalue weighted by atomic mass is 10.1. The molecule has 1 fully saturated rings. The third kappa shape index (κ3) is 3.80. The fraction of sp³-hybridized carbons (Fsp3) is 0.417. The maximum Gasteiger partial charge on any atom is 0.342 e. The Bertz CT molecular complexity index is 518. The normalized spacial score (nSPS) is 18.5. The zero-order valence-electron chi connectivity index (χ0n) is 10.6. The molecule has 1 aromatic rings. The third-order valence-electron chi connectivity index (χ3n) is 2.84. The first-order valence-corrected chi connectivity index (χ1v) is 8.23. The molecule has 0 amide bonds. The van der Waals surface area contributed by atoms with Gasteiger partial charge in [0, 0.05) is 40.8 Å². The second kappa shape index (κ2) is 6.85. The highest BCUT2D eigenvalue weighted by Crippen LogP contribution is 2.26. The van der Waals surface area contributed by atoms with Crippen molar-refractivity contribution in [2.75, 3.05) is 29.1 Å². The number of carbonyl (C=O) groups is 1. The summed E-state index contributed by atoms with van der Waals surface area (Å²) in [5, 5.41) is 23.4. The van der Waals surface area contributed by atoms with Crippen molar-refractivity contribution in [2.24, 2.45) is 0 Å². The minimum Gasteiger partial charge on any atom is -0.477 e. The summed E-state index contributed by atoms with van der Waals surface area (Å²) >= 11 is 3.80. The van der Waals surface area contributed by atoms with Crippen molar-refractivity contribution >= 4 is 40.9 Å². The summed E-state index contributed by atoms with van der Waals surface area (Å²) in [7, 11) is 0. The Labute approximate surface area is 124 Å². The van der Waals surface area contributed by atoms with E-state index in [0.29, 0.717) is 10.9 Å². The maximum absolute atomic E-state index is 10.9. The molecular weight excluding hydrogens is 300 g/mol. The number of hydrogen-bond acceptors (Lipinski definition) is 6. The Balaban J connectivity index is 2.06. The topological polar surface area (TPSA) is 92.5 Å². The standard InChI is InChI=1S/C12H14N2O4S2/c15-12(16)10-2-1-8(5-11(10)14(17)18)13-6-9-7-19-3-4-20-9/h1-2,5,9,13H,3-4,6-7H2,(H,15,16). The van der Waals surface area contributed by atoms with Crippen LogP contribution in [0.15, 0.2) is 18.2 Å². The van der Waals surface area contributed by atoms with Crippen LogP contribution in [0, 0.1) is 10.1 Å². The molecule has 1 atom stereocenters. The van der Waals surface area contributed by atoms with Gasteiger partial charge in [-0.15, -0.1) is 0 Å². The van der Waals surface area contributed by atoms with Gasteiger partial charge in [0.1, 0.15) is 5.56 Å². The molecule has 6 nitrogen and oxygen atoms in total. The van der Waals surface area contributed by atoms with Crippen LogP contribution in [0.1, 0.15) is 10.4 Å². The highest BCUT2D eigenvalue weighted by molar-refractivity contribution is 8.06. The smallest absolute Gasteiger partial charge is 0.342 e. The lowest BCUT2D eigenvalue weighted by Crippen LogP contribution is -2.23. The van der Waals surface area contributed by atoms with E-state index in [2.05, 4.69) is 5.32 Å². The van der Waals surface area contributed by atoms with Crippen LogP contribution in [0.25, 0.3) is 0 Å². The number of aromatic carboxylic acids is 1. The predicted molar refractivity (Wildman–Crippen MR) is 82.1 cm³/mol. The van der Waals surface area contributed by atoms with Gasteiger partial charge in [-0.3, -0.25) is 10.1 Å². The van der Waals surface area contributed by atoms with Gasteiger partial charge in [-0.2, -0.15) is 23.5 Å². The van der Waals surface area contributed by atoms with Gasteiger partial charge in [-0.05, 0) is 12.1 Å². The van der Waals surface area contributed by atoms with E-state index in [1.54, 1.807) is 6.07 Å². The summed E-state index contributed by atoms with van der Waals surface area (Å²) in [6.45, 7) is 0.723. The van der Waals surface area contributed by atoms with Crippen molar-refractivity contribution < 1.29 is 14.8 Å². The Kier molecular flexibility index (Phi) is 5.13. The highest BCUT2D eigenvalue weighted by atomic mass is 32.2. The van der Waals surface area contributed by atoms with Crippen LogP contribution >= 0.6 is 23.5 Å². The summed E-state index contributed by atoms with van der Waals surface area (Å²) in [4.78, 5) is 21.1. The minimum atomic E-state index is -1.29. The first-order chi connectivity index (χ1) is 9.58. The molecule has 0 radical (unpaired) electrons. The Morgan fingerprint density at radius 2 is 2.30 bits per heavy atom. The number of thioether (sulfide) groups is 2. The van der Waals surface area contributed by atoms with E-state index in [1.807, 2.05) is 23.5 Å². The number of nitrogens with one attached hydrogen (secondary N) is 1. The number of hydrogen-bond donors (Lipinski definition) is 2. The summed E-state index contributed by atoms with van der Waals surface area (Å²) in [6, 6.07) is 4.12. The van der Waals surface area contributed by atoms with Crippen LogP contribution in [0.4, 0.5) is 11.4 Å². The van der Waals surface area contributed by atoms with Crippen molar-refractivity contribution in [3.63, 3.8) is 0 Å². The predicted octanol–water partition coefficient (Wildman–Crippen LogP) is 2.55. The number of carboxylic acid groups (broad SMARTS) is 1. The monoisotopic (exact) mass is 314 g/mol. The Morgan fingerprint density at radius 3 is 2.90 bits per heavy atom. The SMILES string of the molecule is O=C(O)c1ccc(NCC2CSCCS2)cc1[N+](=O)[O-]. The first-order valence-electron chi connectivity index (χ1n) is 6.03. The zero-order valence-corrected chi connectivity index (χ0v) is 12.2. The molecule has 1 unspecified atom stereocenters. The van der Waals surface area contributed by atoms with Crippen LogP contribution in [0.5, 0.6) is 0 Å². The molecular formula is C12H14N2O4S2. The van der Waals surface area contributed by atoms with Crippen LogP contribution < -0.4 is 5.32 Å². The van der Waals surface area contributed by atoms with E-state index in [-0.39, 0.29) is 11.3 Å². The van der Waals surface area contributed by atoms with Crippen molar-refractivity contribution in [3.05, 3.63) is 33.9 Å². The lowest BCUT2D eigenvalue weighted by molar-refractivity contribution is -0.385. The van der Waals surface area contributed by atoms with Crippen LogP contribution in [-0.2, 0) is 0 Å². The zero-order chi connectivity index (χ0) is 14.5. The molecule has 1 aliphatic rings. The van der Waals surface area contributed by atoms with Crippen LogP contribution in [0.2, 0.25) is 0 Å². The molecule has 1 saturated heterocycles. The molecule has 0 spiro atoms. The van der Waals surface area contributed by atoms with E-state index in [0.717, 1.165) is 18.1 Å². The summed E-state index contributed by atoms with van der Waals surface area (Å²) < 4.78 is 0. The number of nitro groups is 1. The van der Waals surface area contributed by atoms with Gasteiger partial charge in [0.15, 0.2) is 0 Å². The number of rotatable bonds is 5. The quantitative estimate of drug-likeness (QED) is 0.637. The van der Waals surface area contributed by atoms with Gasteiger partial charge in [0.05, 0.1) is 4.92 Å². The molecule has 0 aromatic heterocycles. The molecule has 1 aromatic carbocycles. The van der Waals surface area contributed by atoms with E-state index in [4.69, 9.17) is 5.11 Å². The molecule has 2 N–H and O–H groups in total. The van der Waals surface area contributed by atoms with E-state index in [1.165, 1.54) is 17.9 Å². The molecule has 0 aliphatic carbocycles. The van der Waals surface area contributed by atoms with Gasteiger partial charge >= 0.3 is 5.97 Å². The molecule has 0 saturated carbocycles. The Hall–Kier alpha value is -1.41. The van der Waals surface area contributed by atoms with Gasteiger partial charge in [0.2, 0.25) is 0 Å². The number of carboxylic acids is 1. The third-order valence-corrected chi connectivity index (χ3v) is 5.69. The van der Waals surface area contributed by atoms with Gasteiger partial charge in [0.25, 0.3) is 5.69 Å². The average molecular weight is 314 g/mol. The molecule has 108 valence electrons. The molecule has 8 heteroatoms.